The van der Waals surface area contributed by atoms with Crippen LogP contribution in [0, 0.1) is 0 Å². The molecule has 2 amide bonds. The first kappa shape index (κ1) is 28.7. The minimum Gasteiger partial charge on any atom is -0.548 e. The number of thiazole rings is 1. The molecule has 12 nitrogen and oxygen atoms in total. The number of carboxylic acid groups (broad SMARTS) is 1. The van der Waals surface area contributed by atoms with Gasteiger partial charge in [0.2, 0.25) is 5.91 Å². The second-order valence-electron chi connectivity index (χ2n) is 9.15. The Labute approximate surface area is 238 Å². The zero-order chi connectivity index (χ0) is 25.5. The number of rotatable bonds is 7. The number of anilines is 1. The van der Waals surface area contributed by atoms with Crippen molar-refractivity contribution in [1.82, 2.24) is 15.2 Å². The molecule has 3 atom stereocenters. The number of fused-ring (bicyclic) bond motifs is 1. The van der Waals surface area contributed by atoms with Crippen molar-refractivity contribution in [2.24, 2.45) is 5.16 Å². The second-order valence-corrected chi connectivity index (χ2v) is 11.8. The number of oxime groups is 1. The fraction of sp³-hybridized carbons (Fsp3) is 0.619. The van der Waals surface area contributed by atoms with Crippen LogP contribution in [0.2, 0.25) is 0 Å². The molecule has 0 aromatic carbocycles. The van der Waals surface area contributed by atoms with E-state index in [2.05, 4.69) is 15.5 Å². The number of hydrogen-bond donors (Lipinski definition) is 2. The van der Waals surface area contributed by atoms with Gasteiger partial charge in [-0.1, -0.05) is 5.16 Å². The topological polar surface area (TPSA) is 176 Å². The summed E-state index contributed by atoms with van der Waals surface area (Å²) in [4.78, 5) is 59.6. The molecule has 0 unspecified atom stereocenters. The summed E-state index contributed by atoms with van der Waals surface area (Å²) in [6, 6.07) is -2.01. The van der Waals surface area contributed by atoms with Crippen LogP contribution < -0.4 is 45.7 Å². The van der Waals surface area contributed by atoms with Crippen LogP contribution in [-0.2, 0) is 28.8 Å². The number of carboxylic acids is 1. The Bertz CT molecular complexity index is 1070. The van der Waals surface area contributed by atoms with Crippen molar-refractivity contribution < 1.29 is 63.4 Å². The van der Waals surface area contributed by atoms with Gasteiger partial charge in [-0.2, -0.15) is 0 Å². The van der Waals surface area contributed by atoms with Crippen molar-refractivity contribution in [2.75, 3.05) is 5.73 Å². The first-order valence-electron chi connectivity index (χ1n) is 11.1. The molecule has 3 N–H and O–H groups in total. The summed E-state index contributed by atoms with van der Waals surface area (Å²) in [6.45, 7) is 4.81. The van der Waals surface area contributed by atoms with E-state index in [-0.39, 0.29) is 64.3 Å². The predicted octanol–water partition coefficient (Wildman–Crippen LogP) is -3.38. The van der Waals surface area contributed by atoms with E-state index in [4.69, 9.17) is 15.3 Å². The molecule has 1 aliphatic carbocycles. The number of esters is 1. The first-order valence-corrected chi connectivity index (χ1v) is 12.9. The monoisotopic (exact) mass is 547 g/mol. The molecule has 190 valence electrons. The molecule has 1 aromatic rings. The zero-order valence-corrected chi connectivity index (χ0v) is 24.0. The maximum Gasteiger partial charge on any atom is 1.00 e. The van der Waals surface area contributed by atoms with E-state index in [0.717, 1.165) is 11.3 Å². The summed E-state index contributed by atoms with van der Waals surface area (Å²) in [6.07, 6.45) is 1.96. The van der Waals surface area contributed by atoms with Gasteiger partial charge in [0.15, 0.2) is 10.8 Å². The third-order valence-corrected chi connectivity index (χ3v) is 8.42. The Balaban J connectivity index is 0.00000361. The van der Waals surface area contributed by atoms with Crippen molar-refractivity contribution in [1.29, 1.82) is 0 Å². The van der Waals surface area contributed by atoms with Gasteiger partial charge in [-0.3, -0.25) is 14.4 Å². The number of thioether (sulfide) groups is 1. The maximum atomic E-state index is 13.1. The van der Waals surface area contributed by atoms with Gasteiger partial charge < -0.3 is 35.4 Å². The largest absolute Gasteiger partial charge is 1.00 e. The number of nitrogens with zero attached hydrogens (tertiary/aromatic N) is 3. The molecule has 0 bridgehead atoms. The molecule has 15 heteroatoms. The van der Waals surface area contributed by atoms with Crippen LogP contribution in [0.1, 0.15) is 52.1 Å². The van der Waals surface area contributed by atoms with E-state index in [1.807, 2.05) is 0 Å². The molecular weight excluding hydrogens is 521 g/mol. The van der Waals surface area contributed by atoms with Crippen molar-refractivity contribution in [3.05, 3.63) is 11.1 Å². The van der Waals surface area contributed by atoms with Gasteiger partial charge in [0, 0.05) is 17.1 Å². The number of nitrogens with two attached hydrogens (primary N) is 1. The Morgan fingerprint density at radius 2 is 1.89 bits per heavy atom. The van der Waals surface area contributed by atoms with E-state index >= 15 is 0 Å². The van der Waals surface area contributed by atoms with Gasteiger partial charge >= 0.3 is 35.5 Å². The number of β-lactam (4-membered cyclic amide) rings is 1. The summed E-state index contributed by atoms with van der Waals surface area (Å²) in [5.41, 5.74) is 5.80. The Morgan fingerprint density at radius 1 is 1.25 bits per heavy atom. The molecule has 3 heterocycles. The SMILES string of the molecule is CC(=O)O[C@H]1CC[C@@H](O/N=C(\C(=O)N[C@@H]2C(=O)N3[C@@H]2SC(C)(C)[C@@H]3C(=O)[O-])c2csc(N)n2)CC1.[Na+]. The summed E-state index contributed by atoms with van der Waals surface area (Å²) in [5.74, 6) is -2.85. The molecule has 2 saturated heterocycles. The van der Waals surface area contributed by atoms with Gasteiger partial charge in [0.1, 0.15) is 29.3 Å². The minimum absolute atomic E-state index is 0. The zero-order valence-electron chi connectivity index (χ0n) is 20.4. The first-order chi connectivity index (χ1) is 16.5. The third kappa shape index (κ3) is 5.82. The smallest absolute Gasteiger partial charge is 0.548 e. The van der Waals surface area contributed by atoms with E-state index in [0.29, 0.717) is 25.7 Å². The number of ether oxygens (including phenoxy) is 1. The van der Waals surface area contributed by atoms with Crippen LogP contribution in [0.15, 0.2) is 10.5 Å². The molecule has 3 fully saturated rings. The molecule has 0 radical (unpaired) electrons. The van der Waals surface area contributed by atoms with Crippen molar-refractivity contribution >= 4 is 57.7 Å². The molecular formula is C21H26N5NaO7S2. The molecule has 1 saturated carbocycles. The molecule has 1 aromatic heterocycles. The van der Waals surface area contributed by atoms with Crippen molar-refractivity contribution in [3.63, 3.8) is 0 Å². The molecule has 0 spiro atoms. The average molecular weight is 548 g/mol. The van der Waals surface area contributed by atoms with Crippen LogP contribution in [0.25, 0.3) is 0 Å². The molecule has 36 heavy (non-hydrogen) atoms. The number of aromatic nitrogens is 1. The average Bonchev–Trinajstić information content (AvgIpc) is 3.31. The summed E-state index contributed by atoms with van der Waals surface area (Å²) >= 11 is 2.41. The van der Waals surface area contributed by atoms with Gasteiger partial charge in [-0.15, -0.1) is 23.1 Å². The summed E-state index contributed by atoms with van der Waals surface area (Å²) < 4.78 is 4.45. The maximum absolute atomic E-state index is 13.1. The van der Waals surface area contributed by atoms with E-state index < -0.39 is 40.0 Å². The van der Waals surface area contributed by atoms with Crippen molar-refractivity contribution in [2.45, 2.75) is 80.9 Å². The number of aliphatic carboxylic acids is 1. The molecule has 2 aliphatic heterocycles. The van der Waals surface area contributed by atoms with Crippen LogP contribution >= 0.6 is 23.1 Å². The van der Waals surface area contributed by atoms with Gasteiger partial charge in [-0.05, 0) is 39.5 Å². The van der Waals surface area contributed by atoms with Crippen LogP contribution in [0.3, 0.4) is 0 Å². The van der Waals surface area contributed by atoms with Gasteiger partial charge in [0.25, 0.3) is 5.91 Å². The third-order valence-electron chi connectivity index (χ3n) is 6.18. The van der Waals surface area contributed by atoms with Crippen LogP contribution in [-0.4, -0.2) is 73.8 Å². The Kier molecular flexibility index (Phi) is 8.97. The van der Waals surface area contributed by atoms with Crippen molar-refractivity contribution in [3.8, 4) is 0 Å². The predicted molar refractivity (Wildman–Crippen MR) is 125 cm³/mol. The van der Waals surface area contributed by atoms with Gasteiger partial charge in [0.05, 0.1) is 12.0 Å². The number of amides is 2. The quantitative estimate of drug-likeness (QED) is 0.115. The number of nitrogens with one attached hydrogen (secondary N) is 1. The summed E-state index contributed by atoms with van der Waals surface area (Å²) in [7, 11) is 0. The number of carbonyl (C=O) groups excluding carboxylic acids is 4. The molecule has 3 aliphatic rings. The normalized spacial score (nSPS) is 28.9. The fourth-order valence-electron chi connectivity index (χ4n) is 4.55. The Hall–Kier alpha value is -1.87. The summed E-state index contributed by atoms with van der Waals surface area (Å²) in [5, 5.41) is 19.6. The number of nitrogen functional groups attached to an aromatic ring is 1. The van der Waals surface area contributed by atoms with E-state index in [9.17, 15) is 24.3 Å². The van der Waals surface area contributed by atoms with E-state index in [1.54, 1.807) is 19.2 Å². The minimum atomic E-state index is -1.33. The standard InChI is InChI=1S/C21H27N5O7S2.Na/c1-9(27)32-10-4-6-11(7-5-10)33-25-13(12-8-34-20(22)23-12)16(28)24-14-17(29)26-15(19(30)31)21(2,3)35-18(14)26;/h8,10-11,14-15,18H,4-7H2,1-3H3,(H2,22,23)(H,24,28)(H,30,31);/q;+1/p-1/b25-13-;/t10-,11+,14-,15+,18-;/m1./s1. The van der Waals surface area contributed by atoms with Crippen LogP contribution in [0.5, 0.6) is 0 Å². The number of hydrogen-bond acceptors (Lipinski definition) is 12. The number of carbonyl (C=O) groups is 4. The Morgan fingerprint density at radius 3 is 2.44 bits per heavy atom. The second kappa shape index (κ2) is 11.3. The van der Waals surface area contributed by atoms with Gasteiger partial charge in [-0.25, -0.2) is 4.98 Å². The van der Waals surface area contributed by atoms with E-state index in [1.165, 1.54) is 23.6 Å². The molecule has 4 rings (SSSR count). The van der Waals surface area contributed by atoms with Crippen LogP contribution in [0.4, 0.5) is 5.13 Å². The fourth-order valence-corrected chi connectivity index (χ4v) is 6.72.